The van der Waals surface area contributed by atoms with Crippen LogP contribution in [0.2, 0.25) is 0 Å². The number of carboxylic acid groups (broad SMARTS) is 1. The lowest BCUT2D eigenvalue weighted by Gasteiger charge is -2.23. The number of nitrogens with one attached hydrogen (secondary N) is 1. The van der Waals surface area contributed by atoms with E-state index in [1.54, 1.807) is 5.43 Å². The lowest BCUT2D eigenvalue weighted by atomic mass is 9.93. The summed E-state index contributed by atoms with van der Waals surface area (Å²) >= 11 is 0. The number of phenols is 2. The number of aromatic hydroxyl groups is 2. The molecular formula is C10H14N2O4. The van der Waals surface area contributed by atoms with Crippen molar-refractivity contribution < 1.29 is 27.0 Å². The second-order valence-corrected chi connectivity index (χ2v) is 3.03. The van der Waals surface area contributed by atoms with Crippen LogP contribution < -0.4 is 11.3 Å². The molecule has 0 spiro atoms. The maximum absolute atomic E-state index is 11.4. The van der Waals surface area contributed by atoms with Crippen LogP contribution in [0.25, 0.3) is 0 Å². The number of phenolic OH excluding ortho intramolecular Hbond substituents is 2. The summed E-state index contributed by atoms with van der Waals surface area (Å²) < 4.78 is 37.8. The molecule has 0 fully saturated rings. The van der Waals surface area contributed by atoms with E-state index in [0.29, 0.717) is 0 Å². The van der Waals surface area contributed by atoms with E-state index in [2.05, 4.69) is 0 Å². The van der Waals surface area contributed by atoms with E-state index in [1.807, 2.05) is 0 Å². The Hall–Kier alpha value is -1.79. The summed E-state index contributed by atoms with van der Waals surface area (Å²) in [5, 5.41) is 27.8. The molecule has 0 aliphatic heterocycles. The molecule has 1 atom stereocenters. The van der Waals surface area contributed by atoms with Crippen LogP contribution in [0.5, 0.6) is 11.5 Å². The first-order valence-corrected chi connectivity index (χ1v) is 4.15. The van der Waals surface area contributed by atoms with E-state index in [1.165, 1.54) is 0 Å². The number of hydrogen-bond acceptors (Lipinski definition) is 5. The largest absolute Gasteiger partial charge is 0.504 e. The van der Waals surface area contributed by atoms with Crippen LogP contribution in [-0.4, -0.2) is 26.8 Å². The van der Waals surface area contributed by atoms with Crippen molar-refractivity contribution in [3.05, 3.63) is 23.8 Å². The first kappa shape index (κ1) is 6.72. The second kappa shape index (κ2) is 4.38. The van der Waals surface area contributed by atoms with E-state index >= 15 is 0 Å². The summed E-state index contributed by atoms with van der Waals surface area (Å²) in [7, 11) is 0. The molecule has 0 bridgehead atoms. The molecule has 1 rings (SSSR count). The molecule has 6 nitrogen and oxygen atoms in total. The smallest absolute Gasteiger partial charge is 0.325 e. The highest BCUT2D eigenvalue weighted by Crippen LogP contribution is 2.26. The van der Waals surface area contributed by atoms with Crippen molar-refractivity contribution in [3.63, 3.8) is 0 Å². The van der Waals surface area contributed by atoms with Gasteiger partial charge in [0.25, 0.3) is 0 Å². The van der Waals surface area contributed by atoms with Gasteiger partial charge in [-0.25, -0.2) is 5.43 Å². The third-order valence-corrected chi connectivity index (χ3v) is 1.84. The van der Waals surface area contributed by atoms with Gasteiger partial charge in [0, 0.05) is 13.2 Å². The van der Waals surface area contributed by atoms with Gasteiger partial charge >= 0.3 is 5.97 Å². The molecule has 0 saturated carbocycles. The number of nitrogens with two attached hydrogens (primary N) is 1. The van der Waals surface area contributed by atoms with Crippen molar-refractivity contribution in [3.8, 4) is 11.5 Å². The molecule has 1 aromatic rings. The Labute approximate surface area is 99.3 Å². The maximum Gasteiger partial charge on any atom is 0.325 e. The Balaban J connectivity index is 3.61. The third kappa shape index (κ3) is 2.41. The van der Waals surface area contributed by atoms with E-state index in [4.69, 9.17) is 12.7 Å². The first-order valence-electron chi connectivity index (χ1n) is 6.65. The van der Waals surface area contributed by atoms with Gasteiger partial charge in [0.15, 0.2) is 11.5 Å². The normalized spacial score (nSPS) is 20.7. The minimum Gasteiger partial charge on any atom is -0.504 e. The molecule has 6 N–H and O–H groups in total. The van der Waals surface area contributed by atoms with Gasteiger partial charge in [0.1, 0.15) is 5.54 Å². The van der Waals surface area contributed by atoms with Gasteiger partial charge in [0.2, 0.25) is 0 Å². The summed E-state index contributed by atoms with van der Waals surface area (Å²) in [6, 6.07) is 2.59. The molecule has 0 aromatic heterocycles. The van der Waals surface area contributed by atoms with Crippen LogP contribution in [0, 0.1) is 0 Å². The number of benzene rings is 1. The highest BCUT2D eigenvalue weighted by molar-refractivity contribution is 5.78. The van der Waals surface area contributed by atoms with Gasteiger partial charge < -0.3 is 15.3 Å². The second-order valence-electron chi connectivity index (χ2n) is 3.03. The molecular weight excluding hydrogens is 212 g/mol. The van der Waals surface area contributed by atoms with E-state index < -0.39 is 41.8 Å². The van der Waals surface area contributed by atoms with Crippen molar-refractivity contribution in [1.82, 2.24) is 5.43 Å². The number of hydrazine groups is 1. The number of carbonyl (C=O) groups is 1. The average Bonchev–Trinajstić information content (AvgIpc) is 2.31. The number of aliphatic carboxylic acids is 1. The molecule has 0 aliphatic rings. The van der Waals surface area contributed by atoms with Crippen molar-refractivity contribution in [1.29, 1.82) is 0 Å². The van der Waals surface area contributed by atoms with Gasteiger partial charge in [-0.05, 0) is 24.5 Å². The quantitative estimate of drug-likeness (QED) is 0.282. The topological polar surface area (TPSA) is 116 Å². The highest BCUT2D eigenvalue weighted by Gasteiger charge is 2.32. The molecule has 6 heteroatoms. The molecule has 0 heterocycles. The van der Waals surface area contributed by atoms with Crippen LogP contribution >= 0.6 is 0 Å². The van der Waals surface area contributed by atoms with Crippen molar-refractivity contribution in [2.45, 2.75) is 18.8 Å². The number of carboxylic acids is 1. The van der Waals surface area contributed by atoms with Crippen molar-refractivity contribution >= 4 is 5.97 Å². The number of rotatable bonds is 4. The molecule has 1 aromatic carbocycles. The van der Waals surface area contributed by atoms with E-state index in [9.17, 15) is 20.1 Å². The Morgan fingerprint density at radius 1 is 1.62 bits per heavy atom. The predicted molar refractivity (Wildman–Crippen MR) is 56.8 cm³/mol. The van der Waals surface area contributed by atoms with E-state index in [0.717, 1.165) is 18.2 Å². The fourth-order valence-electron chi connectivity index (χ4n) is 0.969. The number of hydrogen-bond donors (Lipinski definition) is 5. The van der Waals surface area contributed by atoms with Gasteiger partial charge in [0.05, 0.1) is 0 Å². The summed E-state index contributed by atoms with van der Waals surface area (Å²) in [5.74, 6) is 1.73. The van der Waals surface area contributed by atoms with Crippen molar-refractivity contribution in [2.75, 3.05) is 0 Å². The first-order chi connectivity index (χ1) is 9.41. The van der Waals surface area contributed by atoms with Crippen LogP contribution in [0.15, 0.2) is 18.2 Å². The monoisotopic (exact) mass is 231 g/mol. The van der Waals surface area contributed by atoms with Gasteiger partial charge in [-0.2, -0.15) is 0 Å². The molecule has 88 valence electrons. The third-order valence-electron chi connectivity index (χ3n) is 1.84. The lowest BCUT2D eigenvalue weighted by molar-refractivity contribution is -0.144. The predicted octanol–water partition coefficient (Wildman–Crippen LogP) is -0.0531. The van der Waals surface area contributed by atoms with E-state index in [-0.39, 0.29) is 0 Å². The highest BCUT2D eigenvalue weighted by atomic mass is 16.4. The summed E-state index contributed by atoms with van der Waals surface area (Å²) in [6.45, 7) is -3.34. The summed E-state index contributed by atoms with van der Waals surface area (Å²) in [4.78, 5) is 11.4. The van der Waals surface area contributed by atoms with Gasteiger partial charge in [-0.15, -0.1) is 0 Å². The fourth-order valence-corrected chi connectivity index (χ4v) is 0.969. The van der Waals surface area contributed by atoms with Gasteiger partial charge in [-0.1, -0.05) is 6.07 Å². The minimum absolute atomic E-state index is 0.478. The van der Waals surface area contributed by atoms with Crippen LogP contribution in [0.1, 0.15) is 19.3 Å². The Morgan fingerprint density at radius 3 is 2.75 bits per heavy atom. The summed E-state index contributed by atoms with van der Waals surface area (Å²) in [5.41, 5.74) is -2.08. The molecule has 0 amide bonds. The summed E-state index contributed by atoms with van der Waals surface area (Å²) in [6.07, 6.45) is -3.02. The van der Waals surface area contributed by atoms with Crippen molar-refractivity contribution in [2.24, 2.45) is 5.84 Å². The Kier molecular flexibility index (Phi) is 1.84. The van der Waals surface area contributed by atoms with Crippen LogP contribution in [0.3, 0.4) is 0 Å². The minimum atomic E-state index is -3.34. The van der Waals surface area contributed by atoms with Gasteiger partial charge in [-0.3, -0.25) is 10.6 Å². The zero-order valence-electron chi connectivity index (χ0n) is 13.1. The molecule has 16 heavy (non-hydrogen) atoms. The molecule has 1 unspecified atom stereocenters. The average molecular weight is 231 g/mol. The van der Waals surface area contributed by atoms with Crippen LogP contribution in [0.4, 0.5) is 0 Å². The molecule has 0 radical (unpaired) electrons. The molecule has 0 saturated heterocycles. The lowest BCUT2D eigenvalue weighted by Crippen LogP contribution is -2.54. The maximum atomic E-state index is 11.4. The zero-order valence-corrected chi connectivity index (χ0v) is 8.06. The van der Waals surface area contributed by atoms with Crippen LogP contribution in [-0.2, 0) is 11.2 Å². The SMILES string of the molecule is [2H]C([2H])([2H])C(NN)(C(=O)O)C([2H])([2H])c1ccc(O)c(O)c1. The molecule has 0 aliphatic carbocycles. The Bertz CT molecular complexity index is 563. The fraction of sp³-hybridized carbons (Fsp3) is 0.300. The zero-order chi connectivity index (χ0) is 16.6. The Morgan fingerprint density at radius 2 is 2.31 bits per heavy atom. The standard InChI is InChI=1S/C10H14N2O4/c1-10(12-11,9(15)16)5-6-2-3-7(13)8(14)4-6/h2-4,12-14H,5,11H2,1H3,(H,15,16)/i1D3,5D2.